The minimum Gasteiger partial charge on any atom is -0.394 e. The van der Waals surface area contributed by atoms with Crippen molar-refractivity contribution in [3.63, 3.8) is 0 Å². The number of carbonyl (C=O) groups is 1. The molecule has 0 aliphatic carbocycles. The molecule has 1 heterocycles. The summed E-state index contributed by atoms with van der Waals surface area (Å²) < 4.78 is 0. The summed E-state index contributed by atoms with van der Waals surface area (Å²) in [6.45, 7) is 8.10. The molecule has 0 saturated heterocycles. The SMILES string of the molecule is CC(CO)N(C)C(=O)/C=C/c1cnc(C(C)(C)C)s1. The van der Waals surface area contributed by atoms with Gasteiger partial charge in [0.1, 0.15) is 0 Å². The first-order valence-corrected chi connectivity index (χ1v) is 7.09. The lowest BCUT2D eigenvalue weighted by Gasteiger charge is -2.21. The molecule has 0 radical (unpaired) electrons. The fourth-order valence-corrected chi connectivity index (χ4v) is 2.20. The van der Waals surface area contributed by atoms with Crippen LogP contribution in [0.1, 0.15) is 37.6 Å². The molecule has 0 bridgehead atoms. The van der Waals surface area contributed by atoms with E-state index in [1.54, 1.807) is 37.6 Å². The third kappa shape index (κ3) is 4.44. The zero-order valence-electron chi connectivity index (χ0n) is 12.2. The molecule has 1 N–H and O–H groups in total. The first-order valence-electron chi connectivity index (χ1n) is 6.27. The number of hydrogen-bond donors (Lipinski definition) is 1. The molecule has 106 valence electrons. The number of aliphatic hydroxyl groups is 1. The Kier molecular flexibility index (Phi) is 5.26. The average Bonchev–Trinajstić information content (AvgIpc) is 2.82. The number of amides is 1. The van der Waals surface area contributed by atoms with Crippen LogP contribution in [0.4, 0.5) is 0 Å². The van der Waals surface area contributed by atoms with E-state index in [0.29, 0.717) is 0 Å². The lowest BCUT2D eigenvalue weighted by molar-refractivity contribution is -0.127. The second-order valence-corrected chi connectivity index (χ2v) is 6.69. The maximum Gasteiger partial charge on any atom is 0.246 e. The summed E-state index contributed by atoms with van der Waals surface area (Å²) in [5.41, 5.74) is 0.0307. The van der Waals surface area contributed by atoms with Crippen molar-refractivity contribution >= 4 is 23.3 Å². The smallest absolute Gasteiger partial charge is 0.246 e. The normalized spacial score (nSPS) is 13.8. The van der Waals surface area contributed by atoms with Crippen LogP contribution in [0, 0.1) is 0 Å². The number of hydrogen-bond acceptors (Lipinski definition) is 4. The predicted octanol–water partition coefficient (Wildman–Crippen LogP) is 2.29. The number of aliphatic hydroxyl groups excluding tert-OH is 1. The minimum atomic E-state index is -0.177. The van der Waals surface area contributed by atoms with Crippen LogP contribution in [0.5, 0.6) is 0 Å². The summed E-state index contributed by atoms with van der Waals surface area (Å²) in [7, 11) is 1.68. The van der Waals surface area contributed by atoms with E-state index in [1.807, 2.05) is 0 Å². The van der Waals surface area contributed by atoms with Gasteiger partial charge in [-0.2, -0.15) is 0 Å². The van der Waals surface area contributed by atoms with Gasteiger partial charge in [0.05, 0.1) is 17.7 Å². The monoisotopic (exact) mass is 282 g/mol. The highest BCUT2D eigenvalue weighted by Crippen LogP contribution is 2.27. The second kappa shape index (κ2) is 6.30. The lowest BCUT2D eigenvalue weighted by atomic mass is 9.98. The van der Waals surface area contributed by atoms with Gasteiger partial charge in [-0.3, -0.25) is 4.79 Å². The molecule has 0 fully saturated rings. The Balaban J connectivity index is 2.72. The zero-order chi connectivity index (χ0) is 14.6. The van der Waals surface area contributed by atoms with Gasteiger partial charge in [0, 0.05) is 29.6 Å². The summed E-state index contributed by atoms with van der Waals surface area (Å²) in [6.07, 6.45) is 5.08. The van der Waals surface area contributed by atoms with E-state index in [2.05, 4.69) is 25.8 Å². The molecule has 1 atom stereocenters. The highest BCUT2D eigenvalue weighted by molar-refractivity contribution is 7.12. The molecular formula is C14H22N2O2S. The molecule has 1 unspecified atom stereocenters. The van der Waals surface area contributed by atoms with Crippen LogP contribution in [-0.2, 0) is 10.2 Å². The van der Waals surface area contributed by atoms with Crippen LogP contribution >= 0.6 is 11.3 Å². The van der Waals surface area contributed by atoms with Gasteiger partial charge in [-0.15, -0.1) is 11.3 Å². The summed E-state index contributed by atoms with van der Waals surface area (Å²) in [5, 5.41) is 10.1. The average molecular weight is 282 g/mol. The summed E-state index contributed by atoms with van der Waals surface area (Å²) in [4.78, 5) is 18.7. The van der Waals surface area contributed by atoms with Crippen molar-refractivity contribution in [3.8, 4) is 0 Å². The molecular weight excluding hydrogens is 260 g/mol. The third-order valence-electron chi connectivity index (χ3n) is 2.83. The molecule has 0 aromatic carbocycles. The fraction of sp³-hybridized carbons (Fsp3) is 0.571. The summed E-state index contributed by atoms with van der Waals surface area (Å²) >= 11 is 1.59. The first-order chi connectivity index (χ1) is 8.75. The highest BCUT2D eigenvalue weighted by Gasteiger charge is 2.17. The second-order valence-electron chi connectivity index (χ2n) is 5.63. The number of likely N-dealkylation sites (N-methyl/N-ethyl adjacent to an activating group) is 1. The van der Waals surface area contributed by atoms with Crippen molar-refractivity contribution in [3.05, 3.63) is 22.2 Å². The third-order valence-corrected chi connectivity index (χ3v) is 4.22. The maximum absolute atomic E-state index is 11.8. The minimum absolute atomic E-state index is 0.0307. The van der Waals surface area contributed by atoms with Crippen LogP contribution in [0.2, 0.25) is 0 Å². The molecule has 1 rings (SSSR count). The Morgan fingerprint density at radius 2 is 2.21 bits per heavy atom. The van der Waals surface area contributed by atoms with Gasteiger partial charge < -0.3 is 10.0 Å². The maximum atomic E-state index is 11.8. The van der Waals surface area contributed by atoms with Crippen molar-refractivity contribution in [2.24, 2.45) is 0 Å². The van der Waals surface area contributed by atoms with Crippen LogP contribution in [-0.4, -0.2) is 40.6 Å². The van der Waals surface area contributed by atoms with Crippen molar-refractivity contribution < 1.29 is 9.90 Å². The largest absolute Gasteiger partial charge is 0.394 e. The molecule has 0 saturated carbocycles. The van der Waals surface area contributed by atoms with E-state index in [9.17, 15) is 4.79 Å². The van der Waals surface area contributed by atoms with Crippen LogP contribution in [0.25, 0.3) is 6.08 Å². The van der Waals surface area contributed by atoms with Crippen molar-refractivity contribution in [2.75, 3.05) is 13.7 Å². The molecule has 0 aliphatic rings. The van der Waals surface area contributed by atoms with Gasteiger partial charge in [-0.05, 0) is 13.0 Å². The number of thiazole rings is 1. The first kappa shape index (κ1) is 15.9. The summed E-state index contributed by atoms with van der Waals surface area (Å²) in [6, 6.07) is -0.177. The van der Waals surface area contributed by atoms with Gasteiger partial charge >= 0.3 is 0 Å². The van der Waals surface area contributed by atoms with Gasteiger partial charge in [0.15, 0.2) is 0 Å². The zero-order valence-corrected chi connectivity index (χ0v) is 13.0. The van der Waals surface area contributed by atoms with E-state index >= 15 is 0 Å². The molecule has 0 aliphatic heterocycles. The van der Waals surface area contributed by atoms with Gasteiger partial charge in [-0.1, -0.05) is 20.8 Å². The fourth-order valence-electron chi connectivity index (χ4n) is 1.32. The Morgan fingerprint density at radius 1 is 1.58 bits per heavy atom. The Labute approximate surface area is 118 Å². The Morgan fingerprint density at radius 3 is 2.68 bits per heavy atom. The van der Waals surface area contributed by atoms with Crippen molar-refractivity contribution in [1.82, 2.24) is 9.88 Å². The molecule has 1 amide bonds. The number of rotatable bonds is 4. The molecule has 4 nitrogen and oxygen atoms in total. The molecule has 19 heavy (non-hydrogen) atoms. The van der Waals surface area contributed by atoms with E-state index in [0.717, 1.165) is 9.88 Å². The lowest BCUT2D eigenvalue weighted by Crippen LogP contribution is -2.36. The van der Waals surface area contributed by atoms with E-state index in [4.69, 9.17) is 5.11 Å². The number of nitrogens with zero attached hydrogens (tertiary/aromatic N) is 2. The van der Waals surface area contributed by atoms with E-state index in [-0.39, 0.29) is 24.0 Å². The quantitative estimate of drug-likeness (QED) is 0.862. The molecule has 1 aromatic rings. The topological polar surface area (TPSA) is 53.4 Å². The van der Waals surface area contributed by atoms with Crippen LogP contribution < -0.4 is 0 Å². The van der Waals surface area contributed by atoms with Gasteiger partial charge in [-0.25, -0.2) is 4.98 Å². The number of aromatic nitrogens is 1. The van der Waals surface area contributed by atoms with Crippen molar-refractivity contribution in [2.45, 2.75) is 39.2 Å². The van der Waals surface area contributed by atoms with E-state index < -0.39 is 0 Å². The highest BCUT2D eigenvalue weighted by atomic mass is 32.1. The van der Waals surface area contributed by atoms with Crippen LogP contribution in [0.15, 0.2) is 12.3 Å². The van der Waals surface area contributed by atoms with Crippen LogP contribution in [0.3, 0.4) is 0 Å². The summed E-state index contributed by atoms with van der Waals surface area (Å²) in [5.74, 6) is -0.118. The molecule has 0 spiro atoms. The van der Waals surface area contributed by atoms with Crippen molar-refractivity contribution in [1.29, 1.82) is 0 Å². The molecule has 5 heteroatoms. The van der Waals surface area contributed by atoms with E-state index in [1.165, 1.54) is 11.0 Å². The van der Waals surface area contributed by atoms with Gasteiger partial charge in [0.2, 0.25) is 5.91 Å². The van der Waals surface area contributed by atoms with Gasteiger partial charge in [0.25, 0.3) is 0 Å². The molecule has 1 aromatic heterocycles. The Bertz CT molecular complexity index is 460. The standard InChI is InChI=1S/C14H22N2O2S/c1-10(9-17)16(5)12(18)7-6-11-8-15-13(19-11)14(2,3)4/h6-8,10,17H,9H2,1-5H3/b7-6+. The number of carbonyl (C=O) groups excluding carboxylic acids is 1. The predicted molar refractivity (Wildman–Crippen MR) is 79.2 cm³/mol. The Hall–Kier alpha value is -1.20.